The van der Waals surface area contributed by atoms with Crippen LogP contribution in [-0.2, 0) is 20.8 Å². The first-order chi connectivity index (χ1) is 22.7. The highest BCUT2D eigenvalue weighted by Gasteiger charge is 2.54. The number of alkyl halides is 3. The zero-order valence-corrected chi connectivity index (χ0v) is 29.7. The van der Waals surface area contributed by atoms with E-state index in [4.69, 9.17) is 24.4 Å². The second-order valence-corrected chi connectivity index (χ2v) is 14.8. The van der Waals surface area contributed by atoms with E-state index >= 15 is 0 Å². The largest absolute Gasteiger partial charge is 0.496 e. The summed E-state index contributed by atoms with van der Waals surface area (Å²) in [5, 5.41) is 10.7. The number of halogens is 3. The molecule has 0 unspecified atom stereocenters. The van der Waals surface area contributed by atoms with Crippen molar-refractivity contribution in [3.63, 3.8) is 0 Å². The highest BCUT2D eigenvalue weighted by Crippen LogP contribution is 2.43. The van der Waals surface area contributed by atoms with Crippen molar-refractivity contribution < 1.29 is 41.8 Å². The Kier molecular flexibility index (Phi) is 9.55. The fraction of sp³-hybridized carbons (Fsp3) is 0.594. The average Bonchev–Trinajstić information content (AvgIpc) is 3.75. The molecule has 0 saturated heterocycles. The van der Waals surface area contributed by atoms with Crippen LogP contribution in [0, 0.1) is 13.8 Å². The van der Waals surface area contributed by atoms with Crippen LogP contribution in [0.3, 0.4) is 0 Å². The van der Waals surface area contributed by atoms with E-state index in [-0.39, 0.29) is 30.3 Å². The van der Waals surface area contributed by atoms with E-state index < -0.39 is 47.6 Å². The molecule has 0 radical (unpaired) electrons. The fourth-order valence-corrected chi connectivity index (χ4v) is 6.60. The molecule has 13 nitrogen and oxygen atoms in total. The fourth-order valence-electron chi connectivity index (χ4n) is 5.77. The molecule has 266 valence electrons. The van der Waals surface area contributed by atoms with E-state index in [0.29, 0.717) is 46.0 Å². The molecule has 5 rings (SSSR count). The number of ether oxygens (including phenoxy) is 3. The number of amides is 3. The normalized spacial score (nSPS) is 19.3. The Bertz CT molecular complexity index is 1660. The third-order valence-electron chi connectivity index (χ3n) is 7.83. The second-order valence-electron chi connectivity index (χ2n) is 14.1. The molecule has 2 aliphatic carbocycles. The predicted molar refractivity (Wildman–Crippen MR) is 176 cm³/mol. The van der Waals surface area contributed by atoms with Gasteiger partial charge in [0.15, 0.2) is 5.84 Å². The van der Waals surface area contributed by atoms with Gasteiger partial charge in [0.25, 0.3) is 0 Å². The molecular weight excluding hydrogens is 667 g/mol. The number of methoxy groups -OCH3 is 1. The van der Waals surface area contributed by atoms with Gasteiger partial charge in [-0.05, 0) is 85.8 Å². The Labute approximate surface area is 286 Å². The van der Waals surface area contributed by atoms with E-state index in [0.717, 1.165) is 28.0 Å². The molecule has 1 saturated carbocycles. The molecule has 0 N–H and O–H groups in total. The Hall–Kier alpha value is -4.15. The van der Waals surface area contributed by atoms with Crippen molar-refractivity contribution in [3.05, 3.63) is 34.2 Å². The maximum absolute atomic E-state index is 13.9. The van der Waals surface area contributed by atoms with Crippen LogP contribution >= 0.6 is 11.9 Å². The van der Waals surface area contributed by atoms with Crippen LogP contribution in [0.4, 0.5) is 22.8 Å². The van der Waals surface area contributed by atoms with Gasteiger partial charge < -0.3 is 19.1 Å². The minimum absolute atomic E-state index is 0.00356. The Morgan fingerprint density at radius 1 is 1.00 bits per heavy atom. The number of nitrogens with zero attached hydrogens (tertiary/aromatic N) is 7. The summed E-state index contributed by atoms with van der Waals surface area (Å²) in [5.74, 6) is -1.52. The molecule has 4 aliphatic rings. The van der Waals surface area contributed by atoms with Gasteiger partial charge >= 0.3 is 24.3 Å². The minimum atomic E-state index is -5.09. The van der Waals surface area contributed by atoms with Crippen molar-refractivity contribution in [3.8, 4) is 5.75 Å². The number of rotatable bonds is 5. The van der Waals surface area contributed by atoms with Crippen LogP contribution in [0.5, 0.6) is 5.75 Å². The molecular formula is C32H40F3N7O6S. The zero-order chi connectivity index (χ0) is 36.2. The van der Waals surface area contributed by atoms with Gasteiger partial charge in [-0.25, -0.2) is 9.59 Å². The smallest absolute Gasteiger partial charge is 0.471 e. The molecule has 2 aliphatic heterocycles. The molecule has 1 fully saturated rings. The summed E-state index contributed by atoms with van der Waals surface area (Å²) < 4.78 is 63.1. The van der Waals surface area contributed by atoms with Gasteiger partial charge in [0.2, 0.25) is 0 Å². The van der Waals surface area contributed by atoms with Crippen LogP contribution in [-0.4, -0.2) is 97.6 Å². The zero-order valence-electron chi connectivity index (χ0n) is 28.9. The van der Waals surface area contributed by atoms with Gasteiger partial charge in [-0.3, -0.25) is 9.78 Å². The summed E-state index contributed by atoms with van der Waals surface area (Å²) in [5.41, 5.74) is 1.09. The van der Waals surface area contributed by atoms with Gasteiger partial charge in [0, 0.05) is 41.1 Å². The van der Waals surface area contributed by atoms with Gasteiger partial charge in [-0.15, -0.1) is 0 Å². The highest BCUT2D eigenvalue weighted by molar-refractivity contribution is 7.98. The lowest BCUT2D eigenvalue weighted by Gasteiger charge is -2.31. The predicted octanol–water partition coefficient (Wildman–Crippen LogP) is 6.09. The van der Waals surface area contributed by atoms with Crippen molar-refractivity contribution in [2.75, 3.05) is 12.9 Å². The number of hydrazone groups is 2. The quantitative estimate of drug-likeness (QED) is 0.333. The molecule has 3 amide bonds. The molecule has 1 aromatic heterocycles. The van der Waals surface area contributed by atoms with Gasteiger partial charge in [0.05, 0.1) is 24.6 Å². The van der Waals surface area contributed by atoms with Crippen LogP contribution in [0.15, 0.2) is 31.9 Å². The molecule has 49 heavy (non-hydrogen) atoms. The minimum Gasteiger partial charge on any atom is -0.496 e. The number of pyridine rings is 1. The molecule has 17 heteroatoms. The van der Waals surface area contributed by atoms with Crippen molar-refractivity contribution in [1.29, 1.82) is 0 Å². The molecule has 3 heterocycles. The number of aromatic nitrogens is 1. The maximum atomic E-state index is 13.9. The summed E-state index contributed by atoms with van der Waals surface area (Å²) in [6.45, 7) is 13.4. The third-order valence-corrected chi connectivity index (χ3v) is 8.57. The number of carbonyl (C=O) groups is 3. The first-order valence-electron chi connectivity index (χ1n) is 15.7. The first-order valence-corrected chi connectivity index (χ1v) is 16.7. The SMILES string of the molecule is COc1c(C)cnc(CN2N=C3C[C@@H](N(C(=O)C(F)(F)F)C4CC4)C4=C3C(=N2)C(N(C(=O)OC(C)(C)C)C(=O)OC(C)(C)C)=NSC4)c1C. The molecule has 0 spiro atoms. The number of hydrogen-bond acceptors (Lipinski definition) is 12. The lowest BCUT2D eigenvalue weighted by Crippen LogP contribution is -2.50. The number of carbonyl (C=O) groups excluding carboxylic acids is 3. The summed E-state index contributed by atoms with van der Waals surface area (Å²) >= 11 is 0.905. The van der Waals surface area contributed by atoms with Crippen LogP contribution in [0.1, 0.15) is 77.6 Å². The van der Waals surface area contributed by atoms with E-state index in [1.165, 1.54) is 5.12 Å². The average molecular weight is 708 g/mol. The monoisotopic (exact) mass is 707 g/mol. The third kappa shape index (κ3) is 7.70. The van der Waals surface area contributed by atoms with Crippen LogP contribution < -0.4 is 4.74 Å². The molecule has 1 aromatic rings. The van der Waals surface area contributed by atoms with E-state index in [2.05, 4.69) is 9.38 Å². The number of aryl methyl sites for hydroxylation is 1. The van der Waals surface area contributed by atoms with Crippen molar-refractivity contribution in [2.45, 2.75) is 111 Å². The van der Waals surface area contributed by atoms with Gasteiger partial charge in [-0.1, -0.05) is 0 Å². The number of hydrogen-bond donors (Lipinski definition) is 0. The topological polar surface area (TPSA) is 139 Å². The van der Waals surface area contributed by atoms with Crippen molar-refractivity contribution in [1.82, 2.24) is 19.9 Å². The second kappa shape index (κ2) is 12.9. The maximum Gasteiger partial charge on any atom is 0.471 e. The summed E-state index contributed by atoms with van der Waals surface area (Å²) in [6, 6.07) is -1.59. The summed E-state index contributed by atoms with van der Waals surface area (Å²) in [4.78, 5) is 46.4. The van der Waals surface area contributed by atoms with Gasteiger partial charge in [0.1, 0.15) is 29.2 Å². The first kappa shape index (κ1) is 36.1. The number of amidine groups is 1. The van der Waals surface area contributed by atoms with Crippen LogP contribution in [0.25, 0.3) is 0 Å². The molecule has 0 bridgehead atoms. The van der Waals surface area contributed by atoms with Gasteiger partial charge in [-0.2, -0.15) is 37.8 Å². The summed E-state index contributed by atoms with van der Waals surface area (Å²) in [6.07, 6.45) is -4.82. The highest BCUT2D eigenvalue weighted by atomic mass is 32.2. The Morgan fingerprint density at radius 2 is 1.61 bits per heavy atom. The summed E-state index contributed by atoms with van der Waals surface area (Å²) in [7, 11) is 1.54. The Morgan fingerprint density at radius 3 is 2.14 bits per heavy atom. The lowest BCUT2D eigenvalue weighted by atomic mass is 10.0. The Balaban J connectivity index is 1.67. The molecule has 0 aromatic carbocycles. The van der Waals surface area contributed by atoms with E-state index in [1.54, 1.807) is 54.8 Å². The molecule has 1 atom stereocenters. The van der Waals surface area contributed by atoms with Crippen molar-refractivity contribution in [2.24, 2.45) is 14.6 Å². The lowest BCUT2D eigenvalue weighted by molar-refractivity contribution is -0.187. The van der Waals surface area contributed by atoms with Crippen LogP contribution in [0.2, 0.25) is 0 Å². The van der Waals surface area contributed by atoms with Crippen molar-refractivity contribution >= 4 is 47.3 Å². The van der Waals surface area contributed by atoms with E-state index in [1.807, 2.05) is 13.8 Å². The van der Waals surface area contributed by atoms with E-state index in [9.17, 15) is 27.6 Å². The standard InChI is InChI=1S/C32H40F3N7O6S/c1-16-13-36-21(17(2)25(16)46-9)14-40-37-20-12-22(41(18-10-11-18)27(43)32(33,34)35)19-15-49-39-26(24(38-40)23(19)20)42(28(44)47-30(3,4)5)29(45)48-31(6,7)8/h13,18,22H,10-12,14-15H2,1-9H3/t22-/m1/s1. The number of imide groups is 1.